The van der Waals surface area contributed by atoms with Gasteiger partial charge in [-0.25, -0.2) is 4.79 Å². The summed E-state index contributed by atoms with van der Waals surface area (Å²) in [6, 6.07) is 9.22. The number of benzene rings is 1. The lowest BCUT2D eigenvalue weighted by molar-refractivity contribution is -0.115. The standard InChI is InChI=1S/C18H22BrN3O2S/c1-3-5-15(16-6-4-9-25-16)22-18(24)20-11-17(23)21-14-8-7-13(19)10-12(14)2/h4,6-10,15H,3,5,11H2,1-2H3,(H,21,23)(H2,20,22,24)/t15-/m0/s1. The first-order valence-corrected chi connectivity index (χ1v) is 9.80. The molecule has 7 heteroatoms. The second kappa shape index (κ2) is 9.58. The Morgan fingerprint density at radius 2 is 2.08 bits per heavy atom. The van der Waals surface area contributed by atoms with Crippen molar-refractivity contribution in [3.05, 3.63) is 50.6 Å². The van der Waals surface area contributed by atoms with Gasteiger partial charge in [0.2, 0.25) is 5.91 Å². The van der Waals surface area contributed by atoms with Gasteiger partial charge in [0.15, 0.2) is 0 Å². The predicted octanol–water partition coefficient (Wildman–Crippen LogP) is 4.60. The van der Waals surface area contributed by atoms with E-state index in [1.165, 1.54) is 0 Å². The van der Waals surface area contributed by atoms with Gasteiger partial charge in [-0.1, -0.05) is 35.3 Å². The molecule has 1 heterocycles. The quantitative estimate of drug-likeness (QED) is 0.608. The average Bonchev–Trinajstić information content (AvgIpc) is 3.10. The predicted molar refractivity (Wildman–Crippen MR) is 106 cm³/mol. The lowest BCUT2D eigenvalue weighted by Crippen LogP contribution is -2.41. The van der Waals surface area contributed by atoms with Crippen LogP contribution < -0.4 is 16.0 Å². The van der Waals surface area contributed by atoms with E-state index in [2.05, 4.69) is 38.8 Å². The van der Waals surface area contributed by atoms with E-state index in [4.69, 9.17) is 0 Å². The lowest BCUT2D eigenvalue weighted by Gasteiger charge is -2.17. The van der Waals surface area contributed by atoms with Crippen molar-refractivity contribution in [2.45, 2.75) is 32.7 Å². The van der Waals surface area contributed by atoms with Crippen LogP contribution in [0.5, 0.6) is 0 Å². The maximum absolute atomic E-state index is 12.1. The topological polar surface area (TPSA) is 70.2 Å². The zero-order valence-electron chi connectivity index (χ0n) is 14.3. The molecule has 2 rings (SSSR count). The van der Waals surface area contributed by atoms with Crippen LogP contribution in [0.2, 0.25) is 0 Å². The largest absolute Gasteiger partial charge is 0.331 e. The Labute approximate surface area is 160 Å². The molecule has 0 aliphatic rings. The fourth-order valence-corrected chi connectivity index (χ4v) is 3.68. The van der Waals surface area contributed by atoms with Gasteiger partial charge in [0.05, 0.1) is 12.6 Å². The van der Waals surface area contributed by atoms with E-state index in [9.17, 15) is 9.59 Å². The molecule has 2 aromatic rings. The summed E-state index contributed by atoms with van der Waals surface area (Å²) in [5, 5.41) is 10.3. The number of carbonyl (C=O) groups excluding carboxylic acids is 2. The van der Waals surface area contributed by atoms with Gasteiger partial charge in [-0.2, -0.15) is 0 Å². The van der Waals surface area contributed by atoms with Gasteiger partial charge in [-0.05, 0) is 48.6 Å². The van der Waals surface area contributed by atoms with Gasteiger partial charge >= 0.3 is 6.03 Å². The Bertz CT molecular complexity index is 719. The Morgan fingerprint density at radius 1 is 1.28 bits per heavy atom. The monoisotopic (exact) mass is 423 g/mol. The summed E-state index contributed by atoms with van der Waals surface area (Å²) >= 11 is 5.00. The van der Waals surface area contributed by atoms with Crippen LogP contribution in [0, 0.1) is 6.92 Å². The van der Waals surface area contributed by atoms with Crippen molar-refractivity contribution in [2.75, 3.05) is 11.9 Å². The van der Waals surface area contributed by atoms with E-state index in [1.807, 2.05) is 42.6 Å². The molecule has 0 fully saturated rings. The van der Waals surface area contributed by atoms with Crippen LogP contribution in [0.3, 0.4) is 0 Å². The summed E-state index contributed by atoms with van der Waals surface area (Å²) in [7, 11) is 0. The minimum absolute atomic E-state index is 0.0261. The van der Waals surface area contributed by atoms with E-state index >= 15 is 0 Å². The third kappa shape index (κ3) is 6.17. The molecule has 1 aromatic carbocycles. The van der Waals surface area contributed by atoms with Gasteiger partial charge in [-0.15, -0.1) is 11.3 Å². The van der Waals surface area contributed by atoms with Gasteiger partial charge in [0, 0.05) is 15.0 Å². The number of rotatable bonds is 7. The number of anilines is 1. The van der Waals surface area contributed by atoms with Crippen molar-refractivity contribution in [2.24, 2.45) is 0 Å². The molecule has 0 saturated heterocycles. The minimum atomic E-state index is -0.338. The molecule has 5 nitrogen and oxygen atoms in total. The smallest absolute Gasteiger partial charge is 0.315 e. The van der Waals surface area contributed by atoms with Gasteiger partial charge in [-0.3, -0.25) is 4.79 Å². The summed E-state index contributed by atoms with van der Waals surface area (Å²) in [6.45, 7) is 3.91. The lowest BCUT2D eigenvalue weighted by atomic mass is 10.1. The molecule has 0 aliphatic heterocycles. The fraction of sp³-hybridized carbons (Fsp3) is 0.333. The van der Waals surface area contributed by atoms with Crippen LogP contribution in [0.15, 0.2) is 40.2 Å². The maximum Gasteiger partial charge on any atom is 0.315 e. The molecular formula is C18H22BrN3O2S. The number of thiophene rings is 1. The zero-order chi connectivity index (χ0) is 18.2. The Kier molecular flexibility index (Phi) is 7.46. The van der Waals surface area contributed by atoms with Gasteiger partial charge < -0.3 is 16.0 Å². The molecular weight excluding hydrogens is 402 g/mol. The first-order chi connectivity index (χ1) is 12.0. The summed E-state index contributed by atoms with van der Waals surface area (Å²) in [5.41, 5.74) is 1.69. The summed E-state index contributed by atoms with van der Waals surface area (Å²) in [6.07, 6.45) is 1.82. The highest BCUT2D eigenvalue weighted by atomic mass is 79.9. The van der Waals surface area contributed by atoms with Crippen molar-refractivity contribution in [1.29, 1.82) is 0 Å². The third-order valence-corrected chi connectivity index (χ3v) is 5.12. The van der Waals surface area contributed by atoms with E-state index in [0.717, 1.165) is 33.4 Å². The highest BCUT2D eigenvalue weighted by Crippen LogP contribution is 2.23. The van der Waals surface area contributed by atoms with E-state index < -0.39 is 0 Å². The number of hydrogen-bond acceptors (Lipinski definition) is 3. The number of halogens is 1. The van der Waals surface area contributed by atoms with Crippen LogP contribution in [-0.2, 0) is 4.79 Å². The number of aryl methyl sites for hydroxylation is 1. The Balaban J connectivity index is 1.83. The molecule has 1 aromatic heterocycles. The number of urea groups is 1. The number of amides is 3. The van der Waals surface area contributed by atoms with Crippen molar-refractivity contribution in [3.8, 4) is 0 Å². The molecule has 0 spiro atoms. The molecule has 0 radical (unpaired) electrons. The fourth-order valence-electron chi connectivity index (χ4n) is 2.40. The number of carbonyl (C=O) groups is 2. The molecule has 25 heavy (non-hydrogen) atoms. The minimum Gasteiger partial charge on any atom is -0.331 e. The molecule has 0 saturated carbocycles. The second-order valence-electron chi connectivity index (χ2n) is 5.69. The van der Waals surface area contributed by atoms with Gasteiger partial charge in [0.25, 0.3) is 0 Å². The SMILES string of the molecule is CCC[C@H](NC(=O)NCC(=O)Nc1ccc(Br)cc1C)c1cccs1. The molecule has 0 aliphatic carbocycles. The maximum atomic E-state index is 12.1. The summed E-state index contributed by atoms with van der Waals surface area (Å²) in [5.74, 6) is -0.260. The van der Waals surface area contributed by atoms with E-state index in [-0.39, 0.29) is 24.5 Å². The summed E-state index contributed by atoms with van der Waals surface area (Å²) in [4.78, 5) is 25.2. The summed E-state index contributed by atoms with van der Waals surface area (Å²) < 4.78 is 0.955. The molecule has 134 valence electrons. The number of nitrogens with one attached hydrogen (secondary N) is 3. The van der Waals surface area contributed by atoms with E-state index in [0.29, 0.717) is 0 Å². The van der Waals surface area contributed by atoms with Crippen LogP contribution in [-0.4, -0.2) is 18.5 Å². The highest BCUT2D eigenvalue weighted by Gasteiger charge is 2.15. The zero-order valence-corrected chi connectivity index (χ0v) is 16.7. The first kappa shape index (κ1) is 19.5. The Morgan fingerprint density at radius 3 is 2.72 bits per heavy atom. The van der Waals surface area contributed by atoms with Crippen molar-refractivity contribution in [1.82, 2.24) is 10.6 Å². The highest BCUT2D eigenvalue weighted by molar-refractivity contribution is 9.10. The molecule has 3 amide bonds. The molecule has 3 N–H and O–H groups in total. The van der Waals surface area contributed by atoms with Crippen molar-refractivity contribution < 1.29 is 9.59 Å². The van der Waals surface area contributed by atoms with Crippen molar-refractivity contribution in [3.63, 3.8) is 0 Å². The normalized spacial score (nSPS) is 11.6. The Hall–Kier alpha value is -1.86. The van der Waals surface area contributed by atoms with Crippen LogP contribution in [0.25, 0.3) is 0 Å². The second-order valence-corrected chi connectivity index (χ2v) is 7.59. The van der Waals surface area contributed by atoms with Crippen LogP contribution >= 0.6 is 27.3 Å². The molecule has 1 atom stereocenters. The van der Waals surface area contributed by atoms with Crippen molar-refractivity contribution >= 4 is 44.9 Å². The van der Waals surface area contributed by atoms with Crippen LogP contribution in [0.4, 0.5) is 10.5 Å². The molecule has 0 bridgehead atoms. The number of hydrogen-bond donors (Lipinski definition) is 3. The average molecular weight is 424 g/mol. The van der Waals surface area contributed by atoms with Gasteiger partial charge in [0.1, 0.15) is 0 Å². The first-order valence-electron chi connectivity index (χ1n) is 8.13. The van der Waals surface area contributed by atoms with Crippen LogP contribution in [0.1, 0.15) is 36.2 Å². The third-order valence-electron chi connectivity index (χ3n) is 3.64. The molecule has 0 unspecified atom stereocenters. The van der Waals surface area contributed by atoms with E-state index in [1.54, 1.807) is 11.3 Å².